The van der Waals surface area contributed by atoms with Crippen molar-refractivity contribution in [1.29, 1.82) is 0 Å². The monoisotopic (exact) mass is 556 g/mol. The molecule has 1 N–H and O–H groups in total. The van der Waals surface area contributed by atoms with Gasteiger partial charge in [0.25, 0.3) is 5.91 Å². The maximum atomic E-state index is 14.7. The molecule has 0 saturated heterocycles. The van der Waals surface area contributed by atoms with Gasteiger partial charge in [-0.2, -0.15) is 13.9 Å². The normalized spacial score (nSPS) is 11.6. The van der Waals surface area contributed by atoms with E-state index in [-0.39, 0.29) is 28.3 Å². The van der Waals surface area contributed by atoms with Crippen LogP contribution in [0.4, 0.5) is 17.6 Å². The molecule has 1 amide bonds. The van der Waals surface area contributed by atoms with Gasteiger partial charge in [0.1, 0.15) is 28.6 Å². The Morgan fingerprint density at radius 1 is 1.12 bits per heavy atom. The second-order valence-corrected chi connectivity index (χ2v) is 7.98. The van der Waals surface area contributed by atoms with E-state index in [1.165, 1.54) is 7.05 Å². The Morgan fingerprint density at radius 2 is 1.78 bits per heavy atom. The van der Waals surface area contributed by atoms with Crippen molar-refractivity contribution in [2.24, 2.45) is 0 Å². The molecule has 2 aromatic heterocycles. The molecule has 0 atom stereocenters. The topological polar surface area (TPSA) is 73.0 Å². The van der Waals surface area contributed by atoms with E-state index in [4.69, 9.17) is 4.52 Å². The lowest BCUT2D eigenvalue weighted by molar-refractivity contribution is 0.0963. The van der Waals surface area contributed by atoms with Gasteiger partial charge in [-0.1, -0.05) is 35.5 Å². The highest BCUT2D eigenvalue weighted by molar-refractivity contribution is 14.1. The van der Waals surface area contributed by atoms with Crippen molar-refractivity contribution in [2.75, 3.05) is 7.05 Å². The summed E-state index contributed by atoms with van der Waals surface area (Å²) in [6.07, 6.45) is 1.03. The number of amides is 1. The zero-order valence-corrected chi connectivity index (χ0v) is 18.4. The van der Waals surface area contributed by atoms with E-state index in [1.807, 2.05) is 0 Å². The fourth-order valence-corrected chi connectivity index (χ4v) is 3.77. The molecular weight excluding hydrogens is 543 g/mol. The number of nitrogens with one attached hydrogen (secondary N) is 1. The van der Waals surface area contributed by atoms with Crippen molar-refractivity contribution in [3.8, 4) is 28.3 Å². The molecular formula is C21H13F4IN4O2. The molecule has 0 bridgehead atoms. The van der Waals surface area contributed by atoms with Crippen molar-refractivity contribution in [3.63, 3.8) is 0 Å². The lowest BCUT2D eigenvalue weighted by Crippen LogP contribution is -2.19. The first-order valence-electron chi connectivity index (χ1n) is 9.10. The van der Waals surface area contributed by atoms with Gasteiger partial charge < -0.3 is 9.84 Å². The van der Waals surface area contributed by atoms with E-state index < -0.39 is 27.2 Å². The summed E-state index contributed by atoms with van der Waals surface area (Å²) in [5.41, 5.74) is -0.642. The summed E-state index contributed by atoms with van der Waals surface area (Å²) >= 11 is 0.874. The lowest BCUT2D eigenvalue weighted by Gasteiger charge is -2.14. The van der Waals surface area contributed by atoms with Crippen molar-refractivity contribution in [3.05, 3.63) is 77.6 Å². The summed E-state index contributed by atoms with van der Waals surface area (Å²) in [4.78, 5) is 12.7. The number of alkyl halides is 3. The highest BCUT2D eigenvalue weighted by atomic mass is 127. The number of benzene rings is 2. The van der Waals surface area contributed by atoms with E-state index in [2.05, 4.69) is 15.6 Å². The number of halogens is 5. The van der Waals surface area contributed by atoms with Crippen molar-refractivity contribution in [1.82, 2.24) is 20.3 Å². The van der Waals surface area contributed by atoms with E-state index in [1.54, 1.807) is 30.3 Å². The fraction of sp³-hybridized carbons (Fsp3) is 0.0952. The van der Waals surface area contributed by atoms with Gasteiger partial charge in [0.15, 0.2) is 5.76 Å². The minimum absolute atomic E-state index is 0.0782. The van der Waals surface area contributed by atoms with Crippen LogP contribution in [0.15, 0.2) is 59.3 Å². The van der Waals surface area contributed by atoms with Gasteiger partial charge in [-0.25, -0.2) is 13.5 Å². The number of aromatic nitrogens is 3. The molecule has 4 rings (SSSR count). The molecule has 0 unspecified atom stereocenters. The number of carbonyl (C=O) groups is 1. The zero-order valence-electron chi connectivity index (χ0n) is 16.2. The molecule has 0 aliphatic carbocycles. The van der Waals surface area contributed by atoms with Crippen LogP contribution in [0, 0.1) is 11.6 Å². The summed E-state index contributed by atoms with van der Waals surface area (Å²) < 4.78 is 59.3. The third-order valence-corrected chi connectivity index (χ3v) is 5.08. The van der Waals surface area contributed by atoms with Crippen LogP contribution in [-0.2, 0) is 3.93 Å². The number of hydrogen-bond acceptors (Lipinski definition) is 4. The zero-order chi connectivity index (χ0) is 23.0. The molecule has 11 heteroatoms. The number of rotatable bonds is 5. The van der Waals surface area contributed by atoms with Crippen LogP contribution >= 0.6 is 22.6 Å². The van der Waals surface area contributed by atoms with Crippen LogP contribution in [0.2, 0.25) is 0 Å². The SMILES string of the molecule is CNC(=O)c1c(-c2ccccc2)noc1-c1cnn(-c2cc(F)cc(F)c2)c1C(F)(F)I. The third-order valence-electron chi connectivity index (χ3n) is 4.57. The maximum Gasteiger partial charge on any atom is 0.338 e. The van der Waals surface area contributed by atoms with Crippen molar-refractivity contribution >= 4 is 28.5 Å². The Morgan fingerprint density at radius 3 is 2.38 bits per heavy atom. The largest absolute Gasteiger partial charge is 0.355 e. The lowest BCUT2D eigenvalue weighted by atomic mass is 10.0. The first-order valence-corrected chi connectivity index (χ1v) is 10.2. The van der Waals surface area contributed by atoms with Gasteiger partial charge in [-0.15, -0.1) is 0 Å². The van der Waals surface area contributed by atoms with Crippen LogP contribution in [-0.4, -0.2) is 27.9 Å². The number of nitrogens with zero attached hydrogens (tertiary/aromatic N) is 3. The van der Waals surface area contributed by atoms with Crippen LogP contribution in [0.3, 0.4) is 0 Å². The Kier molecular flexibility index (Phi) is 5.75. The van der Waals surface area contributed by atoms with Crippen LogP contribution in [0.25, 0.3) is 28.3 Å². The minimum atomic E-state index is -3.55. The average Bonchev–Trinajstić information content (AvgIpc) is 3.37. The van der Waals surface area contributed by atoms with Gasteiger partial charge in [0, 0.05) is 41.3 Å². The van der Waals surface area contributed by atoms with Gasteiger partial charge >= 0.3 is 3.93 Å². The smallest absolute Gasteiger partial charge is 0.338 e. The van der Waals surface area contributed by atoms with Crippen LogP contribution in [0.5, 0.6) is 0 Å². The molecule has 0 aliphatic heterocycles. The molecule has 0 fully saturated rings. The van der Waals surface area contributed by atoms with E-state index >= 15 is 0 Å². The number of hydrogen-bond donors (Lipinski definition) is 1. The molecule has 164 valence electrons. The van der Waals surface area contributed by atoms with E-state index in [9.17, 15) is 22.4 Å². The van der Waals surface area contributed by atoms with E-state index in [0.717, 1.165) is 40.9 Å². The van der Waals surface area contributed by atoms with Crippen LogP contribution < -0.4 is 5.32 Å². The molecule has 2 heterocycles. The van der Waals surface area contributed by atoms with Gasteiger partial charge in [-0.05, 0) is 12.1 Å². The summed E-state index contributed by atoms with van der Waals surface area (Å²) in [7, 11) is 1.38. The highest BCUT2D eigenvalue weighted by Gasteiger charge is 2.39. The Labute approximate surface area is 192 Å². The van der Waals surface area contributed by atoms with Crippen molar-refractivity contribution < 1.29 is 26.9 Å². The van der Waals surface area contributed by atoms with Gasteiger partial charge in [0.05, 0.1) is 17.4 Å². The standard InChI is InChI=1S/C21H13F4IN4O2/c1-27-20(31)16-17(11-5-3-2-4-6-11)29-32-18(16)15-10-28-30(19(15)21(24,25)26)14-8-12(22)7-13(23)9-14/h2-10H,1H3,(H,27,31). The summed E-state index contributed by atoms with van der Waals surface area (Å²) in [5, 5.41) is 10.3. The molecule has 0 radical (unpaired) electrons. The summed E-state index contributed by atoms with van der Waals surface area (Å²) in [5.74, 6) is -2.79. The fourth-order valence-electron chi connectivity index (χ4n) is 3.25. The average molecular weight is 556 g/mol. The molecule has 0 spiro atoms. The molecule has 4 aromatic rings. The van der Waals surface area contributed by atoms with Gasteiger partial charge in [0.2, 0.25) is 0 Å². The molecule has 0 saturated carbocycles. The van der Waals surface area contributed by atoms with Crippen LogP contribution in [0.1, 0.15) is 16.1 Å². The Hall–Kier alpha value is -3.22. The minimum Gasteiger partial charge on any atom is -0.355 e. The van der Waals surface area contributed by atoms with E-state index in [0.29, 0.717) is 16.3 Å². The summed E-state index contributed by atoms with van der Waals surface area (Å²) in [6.45, 7) is 0. The second kappa shape index (κ2) is 8.37. The number of carbonyl (C=O) groups excluding carboxylic acids is 1. The predicted molar refractivity (Wildman–Crippen MR) is 116 cm³/mol. The van der Waals surface area contributed by atoms with Crippen molar-refractivity contribution in [2.45, 2.75) is 3.93 Å². The molecule has 6 nitrogen and oxygen atoms in total. The molecule has 0 aliphatic rings. The first-order chi connectivity index (χ1) is 15.2. The molecule has 2 aromatic carbocycles. The second-order valence-electron chi connectivity index (χ2n) is 6.62. The highest BCUT2D eigenvalue weighted by Crippen LogP contribution is 2.44. The molecule has 32 heavy (non-hydrogen) atoms. The first kappa shape index (κ1) is 22.0. The summed E-state index contributed by atoms with van der Waals surface area (Å²) in [6, 6.07) is 10.9. The Balaban J connectivity index is 1.98. The maximum absolute atomic E-state index is 14.7. The third kappa shape index (κ3) is 3.99. The van der Waals surface area contributed by atoms with Gasteiger partial charge in [-0.3, -0.25) is 4.79 Å². The quantitative estimate of drug-likeness (QED) is 0.205. The Bertz CT molecular complexity index is 1280. The predicted octanol–water partition coefficient (Wildman–Crippen LogP) is 5.32.